The van der Waals surface area contributed by atoms with Crippen molar-refractivity contribution in [1.29, 1.82) is 0 Å². The second-order valence-corrected chi connectivity index (χ2v) is 6.15. The standard InChI is InChI=1S/C19H11F7O3/c20-16-5-14(6-17-15(16)3-11(7-27)9-29-17)28-8-10-1-12(18(21,22)23)4-13(2-10)19(24,25)26/h1-7H,8-9H2. The number of ether oxygens (including phenoxy) is 2. The fraction of sp³-hybridized carbons (Fsp3) is 0.211. The number of hydrogen-bond donors (Lipinski definition) is 0. The van der Waals surface area contributed by atoms with E-state index in [9.17, 15) is 35.5 Å². The summed E-state index contributed by atoms with van der Waals surface area (Å²) < 4.78 is 102. The Kier molecular flexibility index (Phi) is 5.29. The van der Waals surface area contributed by atoms with Crippen molar-refractivity contribution in [2.45, 2.75) is 19.0 Å². The first-order valence-electron chi connectivity index (χ1n) is 8.00. The molecule has 0 N–H and O–H groups in total. The molecule has 0 unspecified atom stereocenters. The van der Waals surface area contributed by atoms with Gasteiger partial charge < -0.3 is 9.47 Å². The number of rotatable bonds is 4. The highest BCUT2D eigenvalue weighted by Crippen LogP contribution is 2.37. The van der Waals surface area contributed by atoms with Crippen molar-refractivity contribution < 1.29 is 45.0 Å². The number of hydrogen-bond acceptors (Lipinski definition) is 3. The zero-order chi connectivity index (χ0) is 21.4. The third kappa shape index (κ3) is 4.69. The molecule has 10 heteroatoms. The van der Waals surface area contributed by atoms with Crippen molar-refractivity contribution in [3.8, 4) is 11.5 Å². The van der Waals surface area contributed by atoms with E-state index in [-0.39, 0.29) is 35.3 Å². The number of alkyl halides is 6. The Balaban J connectivity index is 1.88. The molecule has 154 valence electrons. The van der Waals surface area contributed by atoms with Crippen LogP contribution in [0, 0.1) is 5.82 Å². The van der Waals surface area contributed by atoms with Crippen LogP contribution in [0.4, 0.5) is 30.7 Å². The Morgan fingerprint density at radius 2 is 1.59 bits per heavy atom. The molecule has 0 saturated heterocycles. The van der Waals surface area contributed by atoms with Crippen LogP contribution in [0.15, 0.2) is 35.9 Å². The van der Waals surface area contributed by atoms with Gasteiger partial charge in [-0.05, 0) is 29.8 Å². The van der Waals surface area contributed by atoms with Gasteiger partial charge in [0.1, 0.15) is 36.8 Å². The van der Waals surface area contributed by atoms with Crippen LogP contribution in [0.1, 0.15) is 22.3 Å². The van der Waals surface area contributed by atoms with Crippen molar-refractivity contribution >= 4 is 12.4 Å². The van der Waals surface area contributed by atoms with Crippen LogP contribution in [0.5, 0.6) is 11.5 Å². The van der Waals surface area contributed by atoms with Crippen molar-refractivity contribution in [2.75, 3.05) is 6.61 Å². The Morgan fingerprint density at radius 1 is 0.966 bits per heavy atom. The Hall–Kier alpha value is -3.04. The van der Waals surface area contributed by atoms with Gasteiger partial charge in [0.15, 0.2) is 0 Å². The van der Waals surface area contributed by atoms with Crippen LogP contribution in [-0.4, -0.2) is 12.9 Å². The molecule has 29 heavy (non-hydrogen) atoms. The molecule has 0 spiro atoms. The summed E-state index contributed by atoms with van der Waals surface area (Å²) in [5, 5.41) is 0. The lowest BCUT2D eigenvalue weighted by Crippen LogP contribution is -2.12. The summed E-state index contributed by atoms with van der Waals surface area (Å²) in [6, 6.07) is 3.19. The molecule has 0 fully saturated rings. The van der Waals surface area contributed by atoms with Gasteiger partial charge in [-0.3, -0.25) is 4.79 Å². The second-order valence-electron chi connectivity index (χ2n) is 6.15. The van der Waals surface area contributed by atoms with E-state index >= 15 is 0 Å². The smallest absolute Gasteiger partial charge is 0.416 e. The number of fused-ring (bicyclic) bond motifs is 1. The monoisotopic (exact) mass is 420 g/mol. The van der Waals surface area contributed by atoms with E-state index in [1.165, 1.54) is 12.1 Å². The molecule has 0 amide bonds. The Morgan fingerprint density at radius 3 is 2.14 bits per heavy atom. The number of benzene rings is 2. The topological polar surface area (TPSA) is 35.5 Å². The summed E-state index contributed by atoms with van der Waals surface area (Å²) in [4.78, 5) is 10.7. The average molecular weight is 420 g/mol. The highest BCUT2D eigenvalue weighted by molar-refractivity contribution is 5.84. The maximum atomic E-state index is 14.2. The van der Waals surface area contributed by atoms with Crippen molar-refractivity contribution in [3.63, 3.8) is 0 Å². The van der Waals surface area contributed by atoms with Crippen LogP contribution < -0.4 is 9.47 Å². The van der Waals surface area contributed by atoms with Crippen LogP contribution in [0.2, 0.25) is 0 Å². The molecule has 1 aliphatic heterocycles. The molecule has 0 aromatic heterocycles. The number of halogens is 7. The van der Waals surface area contributed by atoms with Gasteiger partial charge in [-0.25, -0.2) is 4.39 Å². The van der Waals surface area contributed by atoms with Crippen molar-refractivity contribution in [3.05, 3.63) is 64.0 Å². The van der Waals surface area contributed by atoms with Crippen molar-refractivity contribution in [2.24, 2.45) is 0 Å². The van der Waals surface area contributed by atoms with Crippen LogP contribution in [-0.2, 0) is 23.8 Å². The molecule has 0 aliphatic carbocycles. The zero-order valence-electron chi connectivity index (χ0n) is 14.3. The number of carbonyl (C=O) groups is 1. The summed E-state index contributed by atoms with van der Waals surface area (Å²) in [5.41, 5.74) is -3.15. The molecule has 3 rings (SSSR count). The van der Waals surface area contributed by atoms with E-state index in [0.29, 0.717) is 18.4 Å². The van der Waals surface area contributed by atoms with Gasteiger partial charge in [0.25, 0.3) is 0 Å². The molecule has 1 heterocycles. The van der Waals surface area contributed by atoms with Gasteiger partial charge >= 0.3 is 12.4 Å². The summed E-state index contributed by atoms with van der Waals surface area (Å²) in [6.45, 7) is -0.775. The second kappa shape index (κ2) is 7.41. The summed E-state index contributed by atoms with van der Waals surface area (Å²) in [5.74, 6) is -0.947. The average Bonchev–Trinajstić information content (AvgIpc) is 2.64. The zero-order valence-corrected chi connectivity index (χ0v) is 14.3. The molecular formula is C19H11F7O3. The molecule has 1 aliphatic rings. The number of aldehydes is 1. The highest BCUT2D eigenvalue weighted by Gasteiger charge is 2.36. The SMILES string of the molecule is O=CC1=Cc2c(F)cc(OCc3cc(C(F)(F)F)cc(C(F)(F)F)c3)cc2OC1. The predicted octanol–water partition coefficient (Wildman–Crippen LogP) is 5.42. The minimum Gasteiger partial charge on any atom is -0.489 e. The van der Waals surface area contributed by atoms with E-state index < -0.39 is 41.5 Å². The van der Waals surface area contributed by atoms with Gasteiger partial charge in [-0.2, -0.15) is 26.3 Å². The maximum Gasteiger partial charge on any atom is 0.416 e. The summed E-state index contributed by atoms with van der Waals surface area (Å²) >= 11 is 0. The fourth-order valence-electron chi connectivity index (χ4n) is 2.64. The molecule has 3 nitrogen and oxygen atoms in total. The minimum atomic E-state index is -4.98. The third-order valence-electron chi connectivity index (χ3n) is 3.99. The van der Waals surface area contributed by atoms with E-state index in [1.807, 2.05) is 0 Å². The normalized spacial score (nSPS) is 14.0. The van der Waals surface area contributed by atoms with Crippen molar-refractivity contribution in [1.82, 2.24) is 0 Å². The Bertz CT molecular complexity index is 943. The lowest BCUT2D eigenvalue weighted by Gasteiger charge is -2.18. The predicted molar refractivity (Wildman–Crippen MR) is 86.7 cm³/mol. The van der Waals surface area contributed by atoms with Gasteiger partial charge in [-0.15, -0.1) is 0 Å². The molecule has 0 bridgehead atoms. The van der Waals surface area contributed by atoms with E-state index in [2.05, 4.69) is 0 Å². The first kappa shape index (κ1) is 20.7. The Labute approximate surface area is 159 Å². The number of carbonyl (C=O) groups excluding carboxylic acids is 1. The van der Waals surface area contributed by atoms with Gasteiger partial charge in [0, 0.05) is 17.7 Å². The summed E-state index contributed by atoms with van der Waals surface area (Å²) in [7, 11) is 0. The van der Waals surface area contributed by atoms with Crippen LogP contribution >= 0.6 is 0 Å². The van der Waals surface area contributed by atoms with Gasteiger partial charge in [0.05, 0.1) is 16.7 Å². The minimum absolute atomic E-state index is 0.00680. The van der Waals surface area contributed by atoms with Gasteiger partial charge in [-0.1, -0.05) is 0 Å². The molecule has 0 saturated carbocycles. The maximum absolute atomic E-state index is 14.2. The largest absolute Gasteiger partial charge is 0.489 e. The van der Waals surface area contributed by atoms with Gasteiger partial charge in [0.2, 0.25) is 0 Å². The quantitative estimate of drug-likeness (QED) is 0.490. The molecular weight excluding hydrogens is 409 g/mol. The molecule has 2 aromatic rings. The van der Waals surface area contributed by atoms with E-state index in [1.54, 1.807) is 0 Å². The molecule has 0 atom stereocenters. The molecule has 2 aromatic carbocycles. The van der Waals surface area contributed by atoms with E-state index in [0.717, 1.165) is 6.07 Å². The fourth-order valence-corrected chi connectivity index (χ4v) is 2.64. The van der Waals surface area contributed by atoms with Crippen LogP contribution in [0.25, 0.3) is 6.08 Å². The highest BCUT2D eigenvalue weighted by atomic mass is 19.4. The van der Waals surface area contributed by atoms with E-state index in [4.69, 9.17) is 9.47 Å². The lowest BCUT2D eigenvalue weighted by atomic mass is 10.1. The first-order valence-corrected chi connectivity index (χ1v) is 8.00. The third-order valence-corrected chi connectivity index (χ3v) is 3.99. The molecule has 0 radical (unpaired) electrons. The van der Waals surface area contributed by atoms with Crippen LogP contribution in [0.3, 0.4) is 0 Å². The summed E-state index contributed by atoms with van der Waals surface area (Å²) in [6.07, 6.45) is -8.19. The first-order chi connectivity index (χ1) is 13.5. The lowest BCUT2D eigenvalue weighted by molar-refractivity contribution is -0.143.